The number of hydrogen-bond donors (Lipinski definition) is 1. The summed E-state index contributed by atoms with van der Waals surface area (Å²) in [5.41, 5.74) is 0.734. The number of nitrogens with one attached hydrogen (secondary N) is 1. The lowest BCUT2D eigenvalue weighted by molar-refractivity contribution is -0.141. The van der Waals surface area contributed by atoms with Crippen molar-refractivity contribution in [1.82, 2.24) is 10.2 Å². The van der Waals surface area contributed by atoms with E-state index in [1.807, 2.05) is 24.3 Å². The molecule has 1 aliphatic carbocycles. The van der Waals surface area contributed by atoms with E-state index < -0.39 is 0 Å². The van der Waals surface area contributed by atoms with Gasteiger partial charge in [0, 0.05) is 29.6 Å². The van der Waals surface area contributed by atoms with Crippen LogP contribution in [-0.4, -0.2) is 41.8 Å². The van der Waals surface area contributed by atoms with Gasteiger partial charge in [0.05, 0.1) is 10.8 Å². The Bertz CT molecular complexity index is 1480. The summed E-state index contributed by atoms with van der Waals surface area (Å²) < 4.78 is 5.90. The Hall–Kier alpha value is -2.96. The highest BCUT2D eigenvalue weighted by Gasteiger charge is 2.48. The van der Waals surface area contributed by atoms with Crippen molar-refractivity contribution >= 4 is 34.3 Å². The molecule has 1 saturated carbocycles. The van der Waals surface area contributed by atoms with E-state index >= 15 is 0 Å². The molecule has 2 fully saturated rings. The minimum absolute atomic E-state index is 0.0102. The van der Waals surface area contributed by atoms with Crippen LogP contribution in [0.1, 0.15) is 88.3 Å². The van der Waals surface area contributed by atoms with Crippen LogP contribution in [-0.2, 0) is 11.2 Å². The number of amides is 1. The standard InChI is InChI=1S/C36H45ClN2O4/c1-35(2,3)38-34(42)36(27-9-5-4-6-10-27)17-19-39(20-18-36)24-26(21-25-13-15-28(37)16-14-25)22-31(41)33-23-30(40)29-11-7-8-12-32(29)43-33/h7-8,11-16,23,26-27H,4-6,9-10,17-22,24H2,1-3H3,(H,38,42)/t26-/m1/s1. The Labute approximate surface area is 260 Å². The van der Waals surface area contributed by atoms with Crippen LogP contribution in [0.4, 0.5) is 0 Å². The quantitative estimate of drug-likeness (QED) is 0.257. The van der Waals surface area contributed by atoms with E-state index in [2.05, 4.69) is 31.0 Å². The average molecular weight is 605 g/mol. The predicted molar refractivity (Wildman–Crippen MR) is 173 cm³/mol. The summed E-state index contributed by atoms with van der Waals surface area (Å²) in [5.74, 6) is 0.591. The zero-order chi connectivity index (χ0) is 30.6. The van der Waals surface area contributed by atoms with Crippen LogP contribution in [0, 0.1) is 17.3 Å². The summed E-state index contributed by atoms with van der Waals surface area (Å²) in [6.07, 6.45) is 8.56. The van der Waals surface area contributed by atoms with E-state index in [0.717, 1.165) is 50.9 Å². The molecule has 2 aromatic carbocycles. The van der Waals surface area contributed by atoms with Crippen molar-refractivity contribution in [3.8, 4) is 0 Å². The molecule has 43 heavy (non-hydrogen) atoms. The number of halogens is 1. The number of carbonyl (C=O) groups excluding carboxylic acids is 2. The molecule has 5 rings (SSSR count). The van der Waals surface area contributed by atoms with Crippen molar-refractivity contribution in [2.45, 2.75) is 84.1 Å². The maximum Gasteiger partial charge on any atom is 0.226 e. The molecule has 0 unspecified atom stereocenters. The number of carbonyl (C=O) groups is 2. The number of likely N-dealkylation sites (tertiary alicyclic amines) is 1. The Morgan fingerprint density at radius 3 is 2.37 bits per heavy atom. The number of hydrogen-bond acceptors (Lipinski definition) is 5. The van der Waals surface area contributed by atoms with Gasteiger partial charge in [0.25, 0.3) is 0 Å². The molecule has 1 atom stereocenters. The highest BCUT2D eigenvalue weighted by molar-refractivity contribution is 6.30. The van der Waals surface area contributed by atoms with E-state index in [9.17, 15) is 14.4 Å². The van der Waals surface area contributed by atoms with Gasteiger partial charge < -0.3 is 14.6 Å². The number of para-hydroxylation sites is 1. The number of benzene rings is 2. The Morgan fingerprint density at radius 1 is 1.02 bits per heavy atom. The van der Waals surface area contributed by atoms with Crippen LogP contribution >= 0.6 is 11.6 Å². The predicted octanol–water partition coefficient (Wildman–Crippen LogP) is 7.46. The zero-order valence-electron chi connectivity index (χ0n) is 25.8. The first-order valence-corrected chi connectivity index (χ1v) is 16.3. The lowest BCUT2D eigenvalue weighted by Gasteiger charge is -2.48. The summed E-state index contributed by atoms with van der Waals surface area (Å²) in [6.45, 7) is 8.56. The fraction of sp³-hybridized carbons (Fsp3) is 0.528. The second-order valence-corrected chi connectivity index (χ2v) is 14.2. The Kier molecular flexibility index (Phi) is 9.77. The Morgan fingerprint density at radius 2 is 1.70 bits per heavy atom. The van der Waals surface area contributed by atoms with Crippen molar-refractivity contribution in [3.05, 3.63) is 81.2 Å². The third kappa shape index (κ3) is 7.77. The maximum atomic E-state index is 13.8. The third-order valence-corrected chi connectivity index (χ3v) is 9.67. The number of rotatable bonds is 9. The molecule has 0 bridgehead atoms. The van der Waals surface area contributed by atoms with E-state index in [0.29, 0.717) is 28.3 Å². The van der Waals surface area contributed by atoms with Gasteiger partial charge in [-0.25, -0.2) is 0 Å². The second kappa shape index (κ2) is 13.4. The van der Waals surface area contributed by atoms with Gasteiger partial charge in [0.2, 0.25) is 5.91 Å². The molecule has 1 aliphatic heterocycles. The first-order valence-electron chi connectivity index (χ1n) is 15.9. The van der Waals surface area contributed by atoms with Crippen LogP contribution in [0.2, 0.25) is 5.02 Å². The summed E-state index contributed by atoms with van der Waals surface area (Å²) in [5, 5.41) is 4.49. The van der Waals surface area contributed by atoms with Crippen molar-refractivity contribution in [2.24, 2.45) is 17.3 Å². The topological polar surface area (TPSA) is 79.6 Å². The molecule has 2 heterocycles. The first kappa shape index (κ1) is 31.5. The summed E-state index contributed by atoms with van der Waals surface area (Å²) >= 11 is 6.15. The molecule has 3 aromatic rings. The van der Waals surface area contributed by atoms with Gasteiger partial charge in [0.1, 0.15) is 5.58 Å². The fourth-order valence-electron chi connectivity index (χ4n) is 7.20. The minimum atomic E-state index is -0.333. The number of Topliss-reactive ketones (excluding diaryl/α,β-unsaturated/α-hetero) is 1. The summed E-state index contributed by atoms with van der Waals surface area (Å²) in [7, 11) is 0. The second-order valence-electron chi connectivity index (χ2n) is 13.8. The van der Waals surface area contributed by atoms with E-state index in [1.54, 1.807) is 24.3 Å². The smallest absolute Gasteiger partial charge is 0.226 e. The van der Waals surface area contributed by atoms with Gasteiger partial charge in [-0.2, -0.15) is 0 Å². The third-order valence-electron chi connectivity index (χ3n) is 9.41. The van der Waals surface area contributed by atoms with Gasteiger partial charge >= 0.3 is 0 Å². The van der Waals surface area contributed by atoms with Crippen LogP contribution < -0.4 is 10.7 Å². The normalized spacial score (nSPS) is 18.8. The van der Waals surface area contributed by atoms with Gasteiger partial charge in [-0.15, -0.1) is 0 Å². The van der Waals surface area contributed by atoms with Crippen LogP contribution in [0.3, 0.4) is 0 Å². The molecule has 0 spiro atoms. The molecule has 0 radical (unpaired) electrons. The Balaban J connectivity index is 1.33. The molecule has 230 valence electrons. The van der Waals surface area contributed by atoms with Gasteiger partial charge in [-0.05, 0) is 108 Å². The molecular formula is C36H45ClN2O4. The number of piperidine rings is 1. The highest BCUT2D eigenvalue weighted by Crippen LogP contribution is 2.46. The van der Waals surface area contributed by atoms with Crippen LogP contribution in [0.25, 0.3) is 11.0 Å². The molecular weight excluding hydrogens is 560 g/mol. The largest absolute Gasteiger partial charge is 0.453 e. The van der Waals surface area contributed by atoms with Crippen molar-refractivity contribution < 1.29 is 14.0 Å². The summed E-state index contributed by atoms with van der Waals surface area (Å²) in [4.78, 5) is 42.5. The summed E-state index contributed by atoms with van der Waals surface area (Å²) in [6, 6.07) is 16.1. The van der Waals surface area contributed by atoms with E-state index in [4.69, 9.17) is 16.0 Å². The molecule has 2 aliphatic rings. The first-order chi connectivity index (χ1) is 20.5. The number of ketones is 1. The van der Waals surface area contributed by atoms with Crippen molar-refractivity contribution in [2.75, 3.05) is 19.6 Å². The zero-order valence-corrected chi connectivity index (χ0v) is 26.6. The minimum Gasteiger partial charge on any atom is -0.453 e. The van der Waals surface area contributed by atoms with Gasteiger partial charge in [-0.3, -0.25) is 14.4 Å². The van der Waals surface area contributed by atoms with E-state index in [1.165, 1.54) is 25.3 Å². The average Bonchev–Trinajstić information content (AvgIpc) is 2.98. The van der Waals surface area contributed by atoms with E-state index in [-0.39, 0.29) is 46.2 Å². The lowest BCUT2D eigenvalue weighted by atomic mass is 9.63. The molecule has 1 aromatic heterocycles. The highest BCUT2D eigenvalue weighted by atomic mass is 35.5. The number of nitrogens with zero attached hydrogens (tertiary/aromatic N) is 1. The maximum absolute atomic E-state index is 13.8. The molecule has 1 N–H and O–H groups in total. The molecule has 1 saturated heterocycles. The fourth-order valence-corrected chi connectivity index (χ4v) is 7.33. The molecule has 6 nitrogen and oxygen atoms in total. The SMILES string of the molecule is CC(C)(C)NC(=O)C1(C2CCCCC2)CCN(C[C@@H](CC(=O)c2cc(=O)c3ccccc3o2)Cc2ccc(Cl)cc2)CC1. The number of fused-ring (bicyclic) bond motifs is 1. The van der Waals surface area contributed by atoms with Gasteiger partial charge in [0.15, 0.2) is 17.0 Å². The van der Waals surface area contributed by atoms with Crippen LogP contribution in [0.5, 0.6) is 0 Å². The molecule has 7 heteroatoms. The lowest BCUT2D eigenvalue weighted by Crippen LogP contribution is -2.56. The van der Waals surface area contributed by atoms with Gasteiger partial charge in [-0.1, -0.05) is 55.1 Å². The van der Waals surface area contributed by atoms with Crippen molar-refractivity contribution in [1.29, 1.82) is 0 Å². The van der Waals surface area contributed by atoms with Crippen molar-refractivity contribution in [3.63, 3.8) is 0 Å². The molecule has 1 amide bonds. The monoisotopic (exact) mass is 604 g/mol. The van der Waals surface area contributed by atoms with Crippen LogP contribution in [0.15, 0.2) is 63.8 Å².